The van der Waals surface area contributed by atoms with Crippen LogP contribution in [0.25, 0.3) is 0 Å². The number of carbonyl (C=O) groups is 1. The Morgan fingerprint density at radius 1 is 1.00 bits per heavy atom. The highest BCUT2D eigenvalue weighted by molar-refractivity contribution is 5.51. The quantitative estimate of drug-likeness (QED) is 0.562. The molecule has 1 aliphatic heterocycles. The highest BCUT2D eigenvalue weighted by Gasteiger charge is 2.05. The molecular formula is C9H17NO. The average molecular weight is 155 g/mol. The topological polar surface area (TPSA) is 20.3 Å². The zero-order valence-corrected chi connectivity index (χ0v) is 7.09. The Hall–Kier alpha value is -0.370. The molecule has 11 heavy (non-hydrogen) atoms. The van der Waals surface area contributed by atoms with Crippen LogP contribution in [0.4, 0.5) is 0 Å². The summed E-state index contributed by atoms with van der Waals surface area (Å²) in [6.07, 6.45) is 7.63. The van der Waals surface area contributed by atoms with E-state index in [-0.39, 0.29) is 0 Å². The van der Waals surface area contributed by atoms with E-state index in [1.807, 2.05) is 0 Å². The lowest BCUT2D eigenvalue weighted by molar-refractivity contribution is -0.108. The monoisotopic (exact) mass is 155 g/mol. The molecule has 1 aliphatic rings. The van der Waals surface area contributed by atoms with Gasteiger partial charge >= 0.3 is 0 Å². The third kappa shape index (κ3) is 3.51. The van der Waals surface area contributed by atoms with Gasteiger partial charge in [-0.15, -0.1) is 0 Å². The second kappa shape index (κ2) is 5.30. The fraction of sp³-hybridized carbons (Fsp3) is 0.889. The van der Waals surface area contributed by atoms with Gasteiger partial charge in [0.05, 0.1) is 6.54 Å². The predicted molar refractivity (Wildman–Crippen MR) is 45.6 cm³/mol. The molecule has 0 unspecified atom stereocenters. The van der Waals surface area contributed by atoms with Crippen molar-refractivity contribution in [2.45, 2.75) is 32.1 Å². The van der Waals surface area contributed by atoms with Gasteiger partial charge in [-0.3, -0.25) is 4.90 Å². The highest BCUT2D eigenvalue weighted by Crippen LogP contribution is 2.09. The molecule has 2 heteroatoms. The Morgan fingerprint density at radius 2 is 1.55 bits per heavy atom. The molecule has 0 N–H and O–H groups in total. The lowest BCUT2D eigenvalue weighted by atomic mass is 10.1. The molecule has 0 spiro atoms. The van der Waals surface area contributed by atoms with E-state index in [1.165, 1.54) is 32.1 Å². The summed E-state index contributed by atoms with van der Waals surface area (Å²) in [5.74, 6) is 0. The van der Waals surface area contributed by atoms with E-state index in [4.69, 9.17) is 0 Å². The van der Waals surface area contributed by atoms with E-state index in [2.05, 4.69) is 4.90 Å². The largest absolute Gasteiger partial charge is 0.302 e. The standard InChI is InChI=1S/C9H17NO/c11-9-8-10-6-4-2-1-3-5-7-10/h9H,1-8H2. The summed E-state index contributed by atoms with van der Waals surface area (Å²) < 4.78 is 0. The molecule has 0 saturated carbocycles. The number of hydrogen-bond donors (Lipinski definition) is 0. The Labute approximate surface area is 68.6 Å². The SMILES string of the molecule is O=CCN1CCCCCCC1. The number of aldehydes is 1. The molecule has 1 heterocycles. The number of rotatable bonds is 2. The van der Waals surface area contributed by atoms with Crippen LogP contribution in [-0.4, -0.2) is 30.8 Å². The minimum Gasteiger partial charge on any atom is -0.302 e. The normalized spacial score (nSPS) is 22.2. The van der Waals surface area contributed by atoms with Crippen molar-refractivity contribution in [3.8, 4) is 0 Å². The van der Waals surface area contributed by atoms with Crippen molar-refractivity contribution in [3.05, 3.63) is 0 Å². The maximum absolute atomic E-state index is 10.2. The van der Waals surface area contributed by atoms with Gasteiger partial charge in [0.2, 0.25) is 0 Å². The van der Waals surface area contributed by atoms with Gasteiger partial charge in [0.15, 0.2) is 0 Å². The van der Waals surface area contributed by atoms with Gasteiger partial charge in [-0.1, -0.05) is 19.3 Å². The minimum absolute atomic E-state index is 0.639. The van der Waals surface area contributed by atoms with E-state index in [9.17, 15) is 4.79 Å². The van der Waals surface area contributed by atoms with Crippen molar-refractivity contribution in [1.29, 1.82) is 0 Å². The number of nitrogens with zero attached hydrogens (tertiary/aromatic N) is 1. The van der Waals surface area contributed by atoms with Crippen LogP contribution in [0.3, 0.4) is 0 Å². The molecule has 1 saturated heterocycles. The van der Waals surface area contributed by atoms with E-state index in [0.29, 0.717) is 6.54 Å². The minimum atomic E-state index is 0.639. The summed E-state index contributed by atoms with van der Waals surface area (Å²) >= 11 is 0. The molecule has 1 fully saturated rings. The Kier molecular flexibility index (Phi) is 4.21. The number of hydrogen-bond acceptors (Lipinski definition) is 2. The van der Waals surface area contributed by atoms with Crippen molar-refractivity contribution < 1.29 is 4.79 Å². The molecule has 0 aromatic heterocycles. The van der Waals surface area contributed by atoms with Crippen molar-refractivity contribution in [2.24, 2.45) is 0 Å². The van der Waals surface area contributed by atoms with Crippen LogP contribution < -0.4 is 0 Å². The van der Waals surface area contributed by atoms with E-state index < -0.39 is 0 Å². The van der Waals surface area contributed by atoms with Crippen LogP contribution in [0.1, 0.15) is 32.1 Å². The second-order valence-corrected chi connectivity index (χ2v) is 3.24. The molecule has 0 aromatic carbocycles. The summed E-state index contributed by atoms with van der Waals surface area (Å²) in [5, 5.41) is 0. The van der Waals surface area contributed by atoms with E-state index in [1.54, 1.807) is 0 Å². The lowest BCUT2D eigenvalue weighted by Gasteiger charge is -2.21. The first-order chi connectivity index (χ1) is 5.43. The molecule has 0 bridgehead atoms. The fourth-order valence-electron chi connectivity index (χ4n) is 1.60. The smallest absolute Gasteiger partial charge is 0.133 e. The number of carbonyl (C=O) groups excluding carboxylic acids is 1. The summed E-state index contributed by atoms with van der Waals surface area (Å²) in [4.78, 5) is 12.5. The van der Waals surface area contributed by atoms with Gasteiger partial charge in [-0.2, -0.15) is 0 Å². The molecule has 0 aliphatic carbocycles. The van der Waals surface area contributed by atoms with Crippen molar-refractivity contribution in [1.82, 2.24) is 4.90 Å². The average Bonchev–Trinajstić information content (AvgIpc) is 1.94. The molecule has 0 aromatic rings. The van der Waals surface area contributed by atoms with Gasteiger partial charge in [-0.25, -0.2) is 0 Å². The maximum Gasteiger partial charge on any atom is 0.133 e. The van der Waals surface area contributed by atoms with Gasteiger partial charge in [0, 0.05) is 0 Å². The second-order valence-electron chi connectivity index (χ2n) is 3.24. The molecule has 2 nitrogen and oxygen atoms in total. The Bertz CT molecular complexity index is 106. The first-order valence-corrected chi connectivity index (χ1v) is 4.59. The van der Waals surface area contributed by atoms with Crippen LogP contribution >= 0.6 is 0 Å². The summed E-state index contributed by atoms with van der Waals surface area (Å²) in [5.41, 5.74) is 0. The first-order valence-electron chi connectivity index (χ1n) is 4.59. The van der Waals surface area contributed by atoms with Crippen molar-refractivity contribution in [2.75, 3.05) is 19.6 Å². The van der Waals surface area contributed by atoms with Crippen molar-refractivity contribution in [3.63, 3.8) is 0 Å². The molecule has 0 radical (unpaired) electrons. The van der Waals surface area contributed by atoms with Gasteiger partial charge in [0.1, 0.15) is 6.29 Å². The molecule has 0 amide bonds. The zero-order valence-electron chi connectivity index (χ0n) is 7.09. The lowest BCUT2D eigenvalue weighted by Crippen LogP contribution is -2.28. The van der Waals surface area contributed by atoms with Crippen molar-refractivity contribution >= 4 is 6.29 Å². The van der Waals surface area contributed by atoms with E-state index >= 15 is 0 Å². The van der Waals surface area contributed by atoms with Gasteiger partial charge in [-0.05, 0) is 25.9 Å². The Morgan fingerprint density at radius 3 is 2.09 bits per heavy atom. The molecule has 64 valence electrons. The summed E-state index contributed by atoms with van der Waals surface area (Å²) in [7, 11) is 0. The first kappa shape index (κ1) is 8.72. The maximum atomic E-state index is 10.2. The van der Waals surface area contributed by atoms with Crippen LogP contribution in [0.2, 0.25) is 0 Å². The third-order valence-corrected chi connectivity index (χ3v) is 2.28. The highest BCUT2D eigenvalue weighted by atomic mass is 16.1. The zero-order chi connectivity index (χ0) is 7.94. The van der Waals surface area contributed by atoms with Crippen LogP contribution in [0.15, 0.2) is 0 Å². The Balaban J connectivity index is 2.20. The fourth-order valence-corrected chi connectivity index (χ4v) is 1.60. The molecule has 1 rings (SSSR count). The summed E-state index contributed by atoms with van der Waals surface area (Å²) in [6, 6.07) is 0. The molecule has 0 atom stereocenters. The van der Waals surface area contributed by atoms with Gasteiger partial charge < -0.3 is 4.79 Å². The van der Waals surface area contributed by atoms with Crippen LogP contribution in [0.5, 0.6) is 0 Å². The summed E-state index contributed by atoms with van der Waals surface area (Å²) in [6.45, 7) is 2.89. The number of likely N-dealkylation sites (tertiary alicyclic amines) is 1. The molecular weight excluding hydrogens is 138 g/mol. The van der Waals surface area contributed by atoms with Crippen LogP contribution in [-0.2, 0) is 4.79 Å². The predicted octanol–water partition coefficient (Wildman–Crippen LogP) is 1.45. The van der Waals surface area contributed by atoms with Crippen LogP contribution in [0, 0.1) is 0 Å². The van der Waals surface area contributed by atoms with E-state index in [0.717, 1.165) is 19.4 Å². The van der Waals surface area contributed by atoms with Gasteiger partial charge in [0.25, 0.3) is 0 Å². The third-order valence-electron chi connectivity index (χ3n) is 2.28.